The first-order chi connectivity index (χ1) is 33.0. The number of anilines is 5. The van der Waals surface area contributed by atoms with Gasteiger partial charge in [0.25, 0.3) is 0 Å². The Kier molecular flexibility index (Phi) is 11.4. The molecule has 0 amide bonds. The lowest BCUT2D eigenvalue weighted by Gasteiger charge is -2.33. The quantitative estimate of drug-likeness (QED) is 0.130. The molecule has 3 heteroatoms. The van der Waals surface area contributed by atoms with Crippen LogP contribution in [0.25, 0.3) is 44.5 Å². The number of hydrogen-bond donors (Lipinski definition) is 1. The fourth-order valence-electron chi connectivity index (χ4n) is 9.99. The first-order valence-corrected chi connectivity index (χ1v) is 23.3. The van der Waals surface area contributed by atoms with Crippen molar-refractivity contribution < 1.29 is 0 Å². The van der Waals surface area contributed by atoms with Crippen molar-refractivity contribution in [3.8, 4) is 44.5 Å². The Bertz CT molecular complexity index is 3290. The van der Waals surface area contributed by atoms with Crippen molar-refractivity contribution in [1.82, 2.24) is 0 Å². The maximum atomic E-state index is 3.92. The normalized spacial score (nSPS) is 12.7. The summed E-state index contributed by atoms with van der Waals surface area (Å²) in [5.74, 6) is 0.113. The van der Waals surface area contributed by atoms with Gasteiger partial charge in [0, 0.05) is 39.9 Å². The number of hydrogen-bond acceptors (Lipinski definition) is 2. The predicted molar refractivity (Wildman–Crippen MR) is 286 cm³/mol. The summed E-state index contributed by atoms with van der Waals surface area (Å²) in [6.45, 7) is 4.54. The highest BCUT2D eigenvalue weighted by Gasteiger charge is 2.31. The van der Waals surface area contributed by atoms with Crippen LogP contribution in [0.1, 0.15) is 33.7 Å². The number of benzene rings is 10. The molecule has 0 aromatic heterocycles. The van der Waals surface area contributed by atoms with Gasteiger partial charge in [-0.3, -0.25) is 0 Å². The summed E-state index contributed by atoms with van der Waals surface area (Å²) in [6.07, 6.45) is 0.875. The van der Waals surface area contributed by atoms with Crippen molar-refractivity contribution in [1.29, 1.82) is 0 Å². The lowest BCUT2D eigenvalue weighted by Crippen LogP contribution is -2.41. The number of rotatable bonds is 11. The Hall–Kier alpha value is -8.14. The highest BCUT2D eigenvalue weighted by molar-refractivity contribution is 6.70. The molecule has 1 aliphatic heterocycles. The Morgan fingerprint density at radius 3 is 1.58 bits per heavy atom. The molecule has 0 aliphatic carbocycles. The Balaban J connectivity index is 1.08. The largest absolute Gasteiger partial charge is 0.355 e. The van der Waals surface area contributed by atoms with Gasteiger partial charge >= 0.3 is 0 Å². The molecule has 1 atom stereocenters. The second-order valence-corrected chi connectivity index (χ2v) is 17.7. The third kappa shape index (κ3) is 8.61. The van der Waals surface area contributed by atoms with E-state index >= 15 is 0 Å². The molecule has 2 nitrogen and oxygen atoms in total. The van der Waals surface area contributed by atoms with E-state index in [0.717, 1.165) is 34.9 Å². The molecule has 0 fully saturated rings. The minimum absolute atomic E-state index is 0.113. The maximum Gasteiger partial charge on any atom is 0.193 e. The van der Waals surface area contributed by atoms with Crippen molar-refractivity contribution in [3.63, 3.8) is 0 Å². The summed E-state index contributed by atoms with van der Waals surface area (Å²) in [6, 6.07) is 88.2. The number of para-hydroxylation sites is 2. The van der Waals surface area contributed by atoms with Gasteiger partial charge in [0.05, 0.1) is 0 Å². The van der Waals surface area contributed by atoms with Crippen LogP contribution < -0.4 is 21.1 Å². The average molecular weight is 858 g/mol. The predicted octanol–water partition coefficient (Wildman–Crippen LogP) is 15.5. The Morgan fingerprint density at radius 1 is 0.418 bits per heavy atom. The summed E-state index contributed by atoms with van der Waals surface area (Å²) in [5, 5.41) is 3.92. The standard InChI is InChI=1S/C64H50BN2/c1-44-37-60-58(41-49-31-32-51(39-45(49)2)47-21-10-4-11-22-47)57-35-34-56(67(54-27-14-6-15-28-54)55-29-16-7-17-30-55)43-62(57)65-64(60)61(38-44)59-42-52(48-23-12-5-13-24-48)33-36-63(59)66-53-26-18-25-50(40-53)46-19-8-3-9-20-46/h3-40,42-43,58,66H,41H2,1-2H3. The highest BCUT2D eigenvalue weighted by atomic mass is 15.1. The lowest BCUT2D eigenvalue weighted by atomic mass is 9.52. The van der Waals surface area contributed by atoms with E-state index in [4.69, 9.17) is 0 Å². The van der Waals surface area contributed by atoms with Crippen LogP contribution in [0.15, 0.2) is 243 Å². The SMILES string of the molecule is Cc1cc(-c2cc(-c3ccccc3)ccc2Nc2cccc(-c3ccccc3)c2)c2c(c1)C(Cc1ccc(-c3ccccc3)cc1C)c1ccc(N(c3ccccc3)c3ccccc3)cc1[B]2. The minimum Gasteiger partial charge on any atom is -0.355 e. The molecule has 10 aromatic carbocycles. The first-order valence-electron chi connectivity index (χ1n) is 23.3. The van der Waals surface area contributed by atoms with Crippen molar-refractivity contribution >= 4 is 46.6 Å². The average Bonchev–Trinajstić information content (AvgIpc) is 3.38. The number of nitrogens with zero attached hydrogens (tertiary/aromatic N) is 1. The van der Waals surface area contributed by atoms with Gasteiger partial charge in [0.1, 0.15) is 0 Å². The lowest BCUT2D eigenvalue weighted by molar-refractivity contribution is 0.806. The summed E-state index contributed by atoms with van der Waals surface area (Å²) >= 11 is 0. The molecule has 0 bridgehead atoms. The van der Waals surface area contributed by atoms with E-state index in [1.54, 1.807) is 0 Å². The summed E-state index contributed by atoms with van der Waals surface area (Å²) in [4.78, 5) is 2.37. The van der Waals surface area contributed by atoms with Crippen molar-refractivity contribution in [2.45, 2.75) is 26.2 Å². The van der Waals surface area contributed by atoms with Gasteiger partial charge in [-0.15, -0.1) is 0 Å². The second kappa shape index (κ2) is 18.4. The van der Waals surface area contributed by atoms with Crippen LogP contribution in [-0.2, 0) is 6.42 Å². The van der Waals surface area contributed by atoms with Gasteiger partial charge in [-0.25, -0.2) is 0 Å². The summed E-state index contributed by atoms with van der Waals surface area (Å²) in [7, 11) is 2.47. The van der Waals surface area contributed by atoms with E-state index in [2.05, 4.69) is 274 Å². The van der Waals surface area contributed by atoms with Crippen LogP contribution >= 0.6 is 0 Å². The molecule has 67 heavy (non-hydrogen) atoms. The zero-order valence-corrected chi connectivity index (χ0v) is 37.9. The van der Waals surface area contributed by atoms with E-state index in [9.17, 15) is 0 Å². The van der Waals surface area contributed by atoms with E-state index < -0.39 is 0 Å². The smallest absolute Gasteiger partial charge is 0.193 e. The van der Waals surface area contributed by atoms with Crippen molar-refractivity contribution in [2.24, 2.45) is 0 Å². The van der Waals surface area contributed by atoms with Crippen LogP contribution in [0.3, 0.4) is 0 Å². The maximum absolute atomic E-state index is 3.92. The summed E-state index contributed by atoms with van der Waals surface area (Å²) in [5.41, 5.74) is 24.2. The third-order valence-corrected chi connectivity index (χ3v) is 13.3. The number of fused-ring (bicyclic) bond motifs is 2. The molecule has 1 heterocycles. The van der Waals surface area contributed by atoms with E-state index in [1.807, 2.05) is 0 Å². The molecule has 10 aromatic rings. The molecule has 1 aliphatic rings. The Labute approximate surface area is 396 Å². The molecule has 1 N–H and O–H groups in total. The van der Waals surface area contributed by atoms with E-state index in [1.165, 1.54) is 83.3 Å². The number of nitrogens with one attached hydrogen (secondary N) is 1. The third-order valence-electron chi connectivity index (χ3n) is 13.3. The molecule has 11 rings (SSSR count). The fraction of sp³-hybridized carbons (Fsp3) is 0.0625. The molecule has 1 radical (unpaired) electrons. The Morgan fingerprint density at radius 2 is 0.970 bits per heavy atom. The number of aryl methyl sites for hydroxylation is 2. The van der Waals surface area contributed by atoms with Crippen molar-refractivity contribution in [3.05, 3.63) is 270 Å². The second-order valence-electron chi connectivity index (χ2n) is 17.7. The molecular formula is C64H50BN2. The minimum atomic E-state index is 0.113. The molecule has 1 unspecified atom stereocenters. The summed E-state index contributed by atoms with van der Waals surface area (Å²) < 4.78 is 0. The van der Waals surface area contributed by atoms with E-state index in [0.29, 0.717) is 0 Å². The van der Waals surface area contributed by atoms with Crippen LogP contribution in [0, 0.1) is 13.8 Å². The zero-order valence-electron chi connectivity index (χ0n) is 37.9. The fourth-order valence-corrected chi connectivity index (χ4v) is 9.99. The van der Waals surface area contributed by atoms with Gasteiger partial charge in [-0.2, -0.15) is 0 Å². The topological polar surface area (TPSA) is 15.3 Å². The van der Waals surface area contributed by atoms with Gasteiger partial charge in [-0.05, 0) is 142 Å². The zero-order chi connectivity index (χ0) is 45.1. The molecular weight excluding hydrogens is 808 g/mol. The monoisotopic (exact) mass is 857 g/mol. The van der Waals surface area contributed by atoms with E-state index in [-0.39, 0.29) is 5.92 Å². The first kappa shape index (κ1) is 41.6. The molecule has 319 valence electrons. The van der Waals surface area contributed by atoms with Crippen LogP contribution in [-0.4, -0.2) is 7.28 Å². The van der Waals surface area contributed by atoms with Crippen LogP contribution in [0.2, 0.25) is 0 Å². The van der Waals surface area contributed by atoms with Gasteiger partial charge < -0.3 is 10.2 Å². The van der Waals surface area contributed by atoms with Crippen molar-refractivity contribution in [2.75, 3.05) is 10.2 Å². The van der Waals surface area contributed by atoms with Crippen LogP contribution in [0.4, 0.5) is 28.4 Å². The van der Waals surface area contributed by atoms with Gasteiger partial charge in [0.15, 0.2) is 7.28 Å². The highest BCUT2D eigenvalue weighted by Crippen LogP contribution is 2.41. The van der Waals surface area contributed by atoms with Gasteiger partial charge in [0.2, 0.25) is 0 Å². The molecule has 0 saturated carbocycles. The molecule has 0 saturated heterocycles. The van der Waals surface area contributed by atoms with Crippen LogP contribution in [0.5, 0.6) is 0 Å². The molecule has 0 spiro atoms. The van der Waals surface area contributed by atoms with Gasteiger partial charge in [-0.1, -0.05) is 198 Å².